The molecule has 0 spiro atoms. The van der Waals surface area contributed by atoms with E-state index in [0.717, 1.165) is 17.7 Å². The molecule has 0 aliphatic heterocycles. The number of hydrogen-bond donors (Lipinski definition) is 2. The monoisotopic (exact) mass is 505 g/mol. The molecule has 0 unspecified atom stereocenters. The van der Waals surface area contributed by atoms with Crippen LogP contribution in [0.25, 0.3) is 11.8 Å². The minimum absolute atomic E-state index is 0.0354. The zero-order chi connectivity index (χ0) is 26.6. The number of halogens is 3. The Morgan fingerprint density at radius 1 is 1.03 bits per heavy atom. The molecule has 2 amide bonds. The van der Waals surface area contributed by atoms with Gasteiger partial charge in [-0.15, -0.1) is 0 Å². The summed E-state index contributed by atoms with van der Waals surface area (Å²) < 4.78 is 42.0. The Kier molecular flexibility index (Phi) is 7.19. The second-order valence-corrected chi connectivity index (χ2v) is 8.28. The quantitative estimate of drug-likeness (QED) is 0.324. The highest BCUT2D eigenvalue weighted by Gasteiger charge is 2.31. The third-order valence-corrected chi connectivity index (χ3v) is 5.38. The average Bonchev–Trinajstić information content (AvgIpc) is 3.30. The summed E-state index contributed by atoms with van der Waals surface area (Å²) in [6, 6.07) is 11.4. The van der Waals surface area contributed by atoms with Crippen LogP contribution in [0.2, 0.25) is 0 Å². The number of rotatable bonds is 6. The lowest BCUT2D eigenvalue weighted by Gasteiger charge is -2.14. The van der Waals surface area contributed by atoms with Gasteiger partial charge in [0.15, 0.2) is 0 Å². The molecule has 0 radical (unpaired) electrons. The van der Waals surface area contributed by atoms with Gasteiger partial charge in [0.1, 0.15) is 0 Å². The highest BCUT2D eigenvalue weighted by atomic mass is 19.4. The molecule has 4 aromatic rings. The van der Waals surface area contributed by atoms with E-state index in [1.807, 2.05) is 0 Å². The molecule has 0 aliphatic carbocycles. The van der Waals surface area contributed by atoms with Crippen molar-refractivity contribution in [2.45, 2.75) is 20.0 Å². The van der Waals surface area contributed by atoms with E-state index in [-0.39, 0.29) is 16.9 Å². The molecule has 0 bridgehead atoms. The maximum Gasteiger partial charge on any atom is 0.416 e. The second kappa shape index (κ2) is 10.5. The molecule has 37 heavy (non-hydrogen) atoms. The molecule has 0 aliphatic rings. The Morgan fingerprint density at radius 3 is 2.51 bits per heavy atom. The maximum absolute atomic E-state index is 13.5. The van der Waals surface area contributed by atoms with Crippen molar-refractivity contribution in [1.82, 2.24) is 14.5 Å². The van der Waals surface area contributed by atoms with E-state index in [2.05, 4.69) is 20.6 Å². The van der Waals surface area contributed by atoms with Crippen molar-refractivity contribution in [3.8, 4) is 5.69 Å². The van der Waals surface area contributed by atoms with Gasteiger partial charge >= 0.3 is 6.18 Å². The van der Waals surface area contributed by atoms with Crippen LogP contribution in [0.15, 0.2) is 79.5 Å². The summed E-state index contributed by atoms with van der Waals surface area (Å²) in [5, 5.41) is 5.24. The summed E-state index contributed by atoms with van der Waals surface area (Å²) in [6.45, 7) is 3.48. The second-order valence-electron chi connectivity index (χ2n) is 8.28. The summed E-state index contributed by atoms with van der Waals surface area (Å²) in [4.78, 5) is 33.3. The van der Waals surface area contributed by atoms with Gasteiger partial charge in [-0.05, 0) is 67.4 Å². The number of pyridine rings is 1. The fraction of sp³-hybridized carbons (Fsp3) is 0.111. The van der Waals surface area contributed by atoms with Gasteiger partial charge in [0.25, 0.3) is 5.91 Å². The molecule has 2 aromatic heterocycles. The van der Waals surface area contributed by atoms with Gasteiger partial charge in [-0.1, -0.05) is 12.1 Å². The topological polar surface area (TPSA) is 88.9 Å². The summed E-state index contributed by atoms with van der Waals surface area (Å²) in [6.07, 6.45) is 4.53. The lowest BCUT2D eigenvalue weighted by molar-refractivity contribution is -0.137. The molecule has 188 valence electrons. The number of carbonyl (C=O) groups excluding carboxylic acids is 2. The molecule has 0 saturated carbocycles. The predicted molar refractivity (Wildman–Crippen MR) is 134 cm³/mol. The van der Waals surface area contributed by atoms with E-state index < -0.39 is 23.6 Å². The number of carbonyl (C=O) groups is 2. The molecule has 10 heteroatoms. The van der Waals surface area contributed by atoms with Gasteiger partial charge in [0.2, 0.25) is 5.91 Å². The summed E-state index contributed by atoms with van der Waals surface area (Å²) in [5.74, 6) is -1.05. The zero-order valence-corrected chi connectivity index (χ0v) is 19.9. The number of aryl methyl sites for hydroxylation is 2. The van der Waals surface area contributed by atoms with Crippen molar-refractivity contribution in [2.75, 3.05) is 10.6 Å². The molecular weight excluding hydrogens is 483 g/mol. The SMILES string of the molecule is Cc1cn(-c2cc(NC(=O)c3ccc(C)c(NC(=O)/C=C/c4cccnc4)c3)cc(C(F)(F)F)c2)cn1. The van der Waals surface area contributed by atoms with Crippen molar-refractivity contribution in [3.63, 3.8) is 0 Å². The Hall–Kier alpha value is -4.73. The van der Waals surface area contributed by atoms with E-state index in [4.69, 9.17) is 0 Å². The van der Waals surface area contributed by atoms with Gasteiger partial charge in [0.05, 0.1) is 17.6 Å². The number of aromatic nitrogens is 3. The van der Waals surface area contributed by atoms with Gasteiger partial charge in [-0.2, -0.15) is 13.2 Å². The normalized spacial score (nSPS) is 11.5. The average molecular weight is 506 g/mol. The standard InChI is InChI=1S/C27H22F3N5O2/c1-17-5-7-20(10-24(17)34-25(36)8-6-19-4-3-9-31-14-19)26(37)33-22-11-21(27(28,29)30)12-23(13-22)35-15-18(2)32-16-35/h3-16H,1-2H3,(H,33,37)(H,34,36)/b8-6+. The third kappa shape index (κ3) is 6.49. The first-order chi connectivity index (χ1) is 17.6. The molecule has 2 aromatic carbocycles. The van der Waals surface area contributed by atoms with Crippen LogP contribution < -0.4 is 10.6 Å². The van der Waals surface area contributed by atoms with Gasteiger partial charge < -0.3 is 15.2 Å². The molecular formula is C27H22F3N5O2. The maximum atomic E-state index is 13.5. The van der Waals surface area contributed by atoms with E-state index in [0.29, 0.717) is 16.9 Å². The van der Waals surface area contributed by atoms with E-state index in [1.54, 1.807) is 56.7 Å². The van der Waals surface area contributed by atoms with E-state index in [9.17, 15) is 22.8 Å². The van der Waals surface area contributed by atoms with E-state index in [1.165, 1.54) is 35.2 Å². The van der Waals surface area contributed by atoms with Crippen LogP contribution in [-0.4, -0.2) is 26.3 Å². The molecule has 2 N–H and O–H groups in total. The van der Waals surface area contributed by atoms with Crippen molar-refractivity contribution in [2.24, 2.45) is 0 Å². The van der Waals surface area contributed by atoms with Gasteiger partial charge in [-0.25, -0.2) is 4.98 Å². The van der Waals surface area contributed by atoms with Crippen LogP contribution >= 0.6 is 0 Å². The van der Waals surface area contributed by atoms with Crippen molar-refractivity contribution >= 4 is 29.3 Å². The molecule has 4 rings (SSSR count). The summed E-state index contributed by atoms with van der Waals surface area (Å²) in [7, 11) is 0. The van der Waals surface area contributed by atoms with Crippen LogP contribution in [0, 0.1) is 13.8 Å². The number of imidazole rings is 1. The Morgan fingerprint density at radius 2 is 1.84 bits per heavy atom. The fourth-order valence-corrected chi connectivity index (χ4v) is 3.48. The van der Waals surface area contributed by atoms with Gasteiger partial charge in [-0.3, -0.25) is 14.6 Å². The number of nitrogens with zero attached hydrogens (tertiary/aromatic N) is 3. The Labute approximate surface area is 210 Å². The van der Waals surface area contributed by atoms with E-state index >= 15 is 0 Å². The first-order valence-corrected chi connectivity index (χ1v) is 11.1. The minimum atomic E-state index is -4.62. The summed E-state index contributed by atoms with van der Waals surface area (Å²) in [5.41, 5.74) is 1.89. The number of benzene rings is 2. The van der Waals surface area contributed by atoms with Crippen molar-refractivity contribution in [1.29, 1.82) is 0 Å². The zero-order valence-electron chi connectivity index (χ0n) is 19.9. The van der Waals surface area contributed by atoms with Crippen molar-refractivity contribution < 1.29 is 22.8 Å². The first kappa shape index (κ1) is 25.4. The number of nitrogens with one attached hydrogen (secondary N) is 2. The number of alkyl halides is 3. The highest BCUT2D eigenvalue weighted by Crippen LogP contribution is 2.33. The molecule has 0 fully saturated rings. The molecule has 2 heterocycles. The van der Waals surface area contributed by atoms with Crippen LogP contribution in [0.1, 0.15) is 32.7 Å². The number of amides is 2. The predicted octanol–water partition coefficient (Wildman–Crippen LogP) is 5.81. The Bertz CT molecular complexity index is 1480. The van der Waals surface area contributed by atoms with Crippen LogP contribution in [0.4, 0.5) is 24.5 Å². The van der Waals surface area contributed by atoms with Crippen LogP contribution in [0.5, 0.6) is 0 Å². The molecule has 0 atom stereocenters. The third-order valence-electron chi connectivity index (χ3n) is 5.38. The number of hydrogen-bond acceptors (Lipinski definition) is 4. The molecule has 0 saturated heterocycles. The van der Waals surface area contributed by atoms with Crippen LogP contribution in [0.3, 0.4) is 0 Å². The van der Waals surface area contributed by atoms with Crippen molar-refractivity contribution in [3.05, 3.63) is 107 Å². The lowest BCUT2D eigenvalue weighted by atomic mass is 10.1. The number of anilines is 2. The van der Waals surface area contributed by atoms with Gasteiger partial charge in [0, 0.05) is 47.3 Å². The van der Waals surface area contributed by atoms with Crippen LogP contribution in [-0.2, 0) is 11.0 Å². The summed E-state index contributed by atoms with van der Waals surface area (Å²) >= 11 is 0. The fourth-order valence-electron chi connectivity index (χ4n) is 3.48. The molecule has 7 nitrogen and oxygen atoms in total. The minimum Gasteiger partial charge on any atom is -0.322 e. The largest absolute Gasteiger partial charge is 0.416 e. The highest BCUT2D eigenvalue weighted by molar-refractivity contribution is 6.07. The first-order valence-electron chi connectivity index (χ1n) is 11.1. The lowest BCUT2D eigenvalue weighted by Crippen LogP contribution is -2.15. The Balaban J connectivity index is 1.55. The smallest absolute Gasteiger partial charge is 0.322 e.